The molecule has 2 heterocycles. The Bertz CT molecular complexity index is 1160. The highest BCUT2D eigenvalue weighted by Crippen LogP contribution is 2.27. The lowest BCUT2D eigenvalue weighted by molar-refractivity contribution is 0.134. The molecule has 0 spiro atoms. The number of aromatic nitrogens is 4. The lowest BCUT2D eigenvalue weighted by atomic mass is 10.1. The zero-order valence-electron chi connectivity index (χ0n) is 16.2. The molecular weight excluding hydrogens is 370 g/mol. The van der Waals surface area contributed by atoms with Gasteiger partial charge in [0.2, 0.25) is 0 Å². The minimum absolute atomic E-state index is 0.286. The molecule has 0 saturated heterocycles. The molecule has 29 heavy (non-hydrogen) atoms. The number of aromatic amines is 1. The number of nitrogens with one attached hydrogen (secondary N) is 2. The first kappa shape index (κ1) is 18.7. The maximum Gasteiger partial charge on any atom is 0.347 e. The monoisotopic (exact) mass is 391 g/mol. The number of ether oxygens (including phenoxy) is 1. The number of hydrogen-bond donors (Lipinski definition) is 2. The van der Waals surface area contributed by atoms with E-state index in [0.29, 0.717) is 30.7 Å². The number of H-pyrrole nitrogens is 1. The summed E-state index contributed by atoms with van der Waals surface area (Å²) in [5.74, 6) is 0.622. The fourth-order valence-electron chi connectivity index (χ4n) is 2.90. The predicted molar refractivity (Wildman–Crippen MR) is 109 cm³/mol. The minimum atomic E-state index is -0.286. The van der Waals surface area contributed by atoms with Crippen molar-refractivity contribution in [1.82, 2.24) is 19.7 Å². The number of aryl methyl sites for hydroxylation is 1. The third kappa shape index (κ3) is 4.12. The van der Waals surface area contributed by atoms with Crippen molar-refractivity contribution in [2.45, 2.75) is 20.5 Å². The van der Waals surface area contributed by atoms with Crippen molar-refractivity contribution < 1.29 is 9.15 Å². The van der Waals surface area contributed by atoms with Crippen LogP contribution in [0.2, 0.25) is 0 Å². The highest BCUT2D eigenvalue weighted by molar-refractivity contribution is 5.62. The molecule has 0 amide bonds. The van der Waals surface area contributed by atoms with E-state index < -0.39 is 0 Å². The van der Waals surface area contributed by atoms with Gasteiger partial charge in [-0.25, -0.2) is 9.78 Å². The van der Waals surface area contributed by atoms with Gasteiger partial charge < -0.3 is 14.5 Å². The van der Waals surface area contributed by atoms with E-state index in [1.807, 2.05) is 44.2 Å². The standard InChI is InChI=1S/C21H21N5O3/c1-3-28-12-15-5-4-14(2)18(10-15)25-20-22-11-19(29-20)16-6-8-17(9-7-16)26-21(27)23-13-24-26/h4-11,13H,3,12H2,1-2H3,(H,22,25)(H,23,24,27). The van der Waals surface area contributed by atoms with E-state index in [-0.39, 0.29) is 5.69 Å². The molecule has 0 radical (unpaired) electrons. The van der Waals surface area contributed by atoms with Gasteiger partial charge in [0.15, 0.2) is 5.76 Å². The van der Waals surface area contributed by atoms with Crippen molar-refractivity contribution in [3.05, 3.63) is 76.6 Å². The zero-order valence-corrected chi connectivity index (χ0v) is 16.2. The average Bonchev–Trinajstić information content (AvgIpc) is 3.38. The first-order valence-corrected chi connectivity index (χ1v) is 9.27. The van der Waals surface area contributed by atoms with Gasteiger partial charge in [0.05, 0.1) is 18.5 Å². The molecule has 4 rings (SSSR count). The van der Waals surface area contributed by atoms with Crippen molar-refractivity contribution >= 4 is 11.7 Å². The van der Waals surface area contributed by atoms with E-state index in [2.05, 4.69) is 20.4 Å². The molecule has 0 aliphatic heterocycles. The second-order valence-corrected chi connectivity index (χ2v) is 6.49. The molecule has 8 heteroatoms. The number of anilines is 2. The van der Waals surface area contributed by atoms with E-state index in [1.165, 1.54) is 11.0 Å². The van der Waals surface area contributed by atoms with Gasteiger partial charge in [-0.1, -0.05) is 12.1 Å². The Morgan fingerprint density at radius 1 is 1.21 bits per heavy atom. The molecule has 0 atom stereocenters. The van der Waals surface area contributed by atoms with Gasteiger partial charge >= 0.3 is 5.69 Å². The molecule has 148 valence electrons. The van der Waals surface area contributed by atoms with Crippen molar-refractivity contribution in [3.8, 4) is 17.0 Å². The second kappa shape index (κ2) is 8.15. The third-order valence-electron chi connectivity index (χ3n) is 4.47. The third-order valence-corrected chi connectivity index (χ3v) is 4.47. The molecule has 0 aliphatic rings. The summed E-state index contributed by atoms with van der Waals surface area (Å²) in [5, 5.41) is 7.19. The largest absolute Gasteiger partial charge is 0.423 e. The second-order valence-electron chi connectivity index (χ2n) is 6.49. The summed E-state index contributed by atoms with van der Waals surface area (Å²) in [6, 6.07) is 13.8. The van der Waals surface area contributed by atoms with E-state index in [4.69, 9.17) is 9.15 Å². The molecule has 4 aromatic rings. The fourth-order valence-corrected chi connectivity index (χ4v) is 2.90. The van der Waals surface area contributed by atoms with Crippen LogP contribution in [-0.4, -0.2) is 26.4 Å². The average molecular weight is 391 g/mol. The Labute approximate surface area is 167 Å². The SMILES string of the molecule is CCOCc1ccc(C)c(Nc2ncc(-c3ccc(-n4nc[nH]c4=O)cc3)o2)c1. The summed E-state index contributed by atoms with van der Waals surface area (Å²) in [7, 11) is 0. The van der Waals surface area contributed by atoms with E-state index in [0.717, 1.165) is 22.4 Å². The van der Waals surface area contributed by atoms with Gasteiger partial charge in [-0.3, -0.25) is 4.98 Å². The minimum Gasteiger partial charge on any atom is -0.423 e. The molecule has 0 unspecified atom stereocenters. The highest BCUT2D eigenvalue weighted by atomic mass is 16.5. The molecule has 0 saturated carbocycles. The van der Waals surface area contributed by atoms with Crippen LogP contribution in [0.25, 0.3) is 17.0 Å². The summed E-state index contributed by atoms with van der Waals surface area (Å²) in [4.78, 5) is 18.5. The highest BCUT2D eigenvalue weighted by Gasteiger charge is 2.10. The van der Waals surface area contributed by atoms with Gasteiger partial charge in [-0.2, -0.15) is 9.78 Å². The Kier molecular flexibility index (Phi) is 5.26. The van der Waals surface area contributed by atoms with Gasteiger partial charge in [0.25, 0.3) is 6.01 Å². The smallest absolute Gasteiger partial charge is 0.347 e. The topological polar surface area (TPSA) is 98.0 Å². The lowest BCUT2D eigenvalue weighted by Crippen LogP contribution is -2.15. The van der Waals surface area contributed by atoms with Crippen LogP contribution in [0.4, 0.5) is 11.7 Å². The zero-order chi connectivity index (χ0) is 20.2. The Morgan fingerprint density at radius 2 is 2.03 bits per heavy atom. The molecule has 2 aromatic carbocycles. The molecule has 2 aromatic heterocycles. The summed E-state index contributed by atoms with van der Waals surface area (Å²) in [6.07, 6.45) is 3.02. The normalized spacial score (nSPS) is 11.0. The first-order chi connectivity index (χ1) is 14.1. The molecule has 0 aliphatic carbocycles. The van der Waals surface area contributed by atoms with Crippen LogP contribution < -0.4 is 11.0 Å². The van der Waals surface area contributed by atoms with Gasteiger partial charge in [0, 0.05) is 17.9 Å². The van der Waals surface area contributed by atoms with Crippen molar-refractivity contribution in [1.29, 1.82) is 0 Å². The molecule has 2 N–H and O–H groups in total. The number of benzene rings is 2. The quantitative estimate of drug-likeness (QED) is 0.497. The molecule has 0 fully saturated rings. The van der Waals surface area contributed by atoms with Crippen LogP contribution in [0.1, 0.15) is 18.1 Å². The first-order valence-electron chi connectivity index (χ1n) is 9.27. The van der Waals surface area contributed by atoms with Crippen LogP contribution in [0, 0.1) is 6.92 Å². The maximum absolute atomic E-state index is 11.7. The van der Waals surface area contributed by atoms with Crippen molar-refractivity contribution in [2.75, 3.05) is 11.9 Å². The van der Waals surface area contributed by atoms with Crippen LogP contribution in [0.3, 0.4) is 0 Å². The maximum atomic E-state index is 11.7. The fraction of sp³-hybridized carbons (Fsp3) is 0.190. The number of nitrogens with zero attached hydrogens (tertiary/aromatic N) is 3. The summed E-state index contributed by atoms with van der Waals surface area (Å²) in [6.45, 7) is 5.23. The van der Waals surface area contributed by atoms with E-state index in [9.17, 15) is 4.79 Å². The summed E-state index contributed by atoms with van der Waals surface area (Å²) >= 11 is 0. The number of hydrogen-bond acceptors (Lipinski definition) is 6. The van der Waals surface area contributed by atoms with Crippen molar-refractivity contribution in [3.63, 3.8) is 0 Å². The molecule has 8 nitrogen and oxygen atoms in total. The number of rotatable bonds is 7. The Morgan fingerprint density at radius 3 is 2.76 bits per heavy atom. The molecular formula is C21H21N5O3. The van der Waals surface area contributed by atoms with Crippen LogP contribution in [0.15, 0.2) is 64.2 Å². The molecule has 0 bridgehead atoms. The van der Waals surface area contributed by atoms with Crippen LogP contribution in [-0.2, 0) is 11.3 Å². The predicted octanol–water partition coefficient (Wildman–Crippen LogP) is 3.80. The summed E-state index contributed by atoms with van der Waals surface area (Å²) < 4.78 is 12.6. The Hall–Kier alpha value is -3.65. The van der Waals surface area contributed by atoms with Crippen LogP contribution >= 0.6 is 0 Å². The van der Waals surface area contributed by atoms with Gasteiger partial charge in [-0.05, 0) is 55.3 Å². The van der Waals surface area contributed by atoms with E-state index in [1.54, 1.807) is 18.3 Å². The van der Waals surface area contributed by atoms with Crippen LogP contribution in [0.5, 0.6) is 0 Å². The lowest BCUT2D eigenvalue weighted by Gasteiger charge is -2.09. The van der Waals surface area contributed by atoms with Gasteiger partial charge in [-0.15, -0.1) is 0 Å². The Balaban J connectivity index is 1.52. The number of oxazole rings is 1. The van der Waals surface area contributed by atoms with Crippen molar-refractivity contribution in [2.24, 2.45) is 0 Å². The van der Waals surface area contributed by atoms with E-state index >= 15 is 0 Å². The summed E-state index contributed by atoms with van der Waals surface area (Å²) in [5.41, 5.74) is 4.31. The van der Waals surface area contributed by atoms with Gasteiger partial charge in [0.1, 0.15) is 6.33 Å².